The average Bonchev–Trinajstić information content (AvgIpc) is 3.47. The SMILES string of the molecule is Cc1cc2c(NCCCc3ccc(-c4ccccc4C)cc3)nc(-c3ccoc3)nc2s1. The van der Waals surface area contributed by atoms with Gasteiger partial charge in [-0.05, 0) is 61.1 Å². The van der Waals surface area contributed by atoms with Crippen LogP contribution in [0.4, 0.5) is 5.82 Å². The Kier molecular flexibility index (Phi) is 5.73. The van der Waals surface area contributed by atoms with Gasteiger partial charge >= 0.3 is 0 Å². The number of benzene rings is 2. The summed E-state index contributed by atoms with van der Waals surface area (Å²) in [6.07, 6.45) is 5.39. The largest absolute Gasteiger partial charge is 0.472 e. The molecule has 0 aliphatic heterocycles. The fourth-order valence-corrected chi connectivity index (χ4v) is 4.82. The van der Waals surface area contributed by atoms with Gasteiger partial charge in [0.15, 0.2) is 5.82 Å². The summed E-state index contributed by atoms with van der Waals surface area (Å²) in [6, 6.07) is 21.5. The Bertz CT molecular complexity index is 1340. The van der Waals surface area contributed by atoms with Crippen LogP contribution in [0, 0.1) is 13.8 Å². The Morgan fingerprint density at radius 2 is 1.78 bits per heavy atom. The predicted molar refractivity (Wildman–Crippen MR) is 133 cm³/mol. The smallest absolute Gasteiger partial charge is 0.166 e. The molecule has 5 aromatic rings. The van der Waals surface area contributed by atoms with Crippen molar-refractivity contribution in [2.45, 2.75) is 26.7 Å². The third kappa shape index (κ3) is 4.30. The van der Waals surface area contributed by atoms with Crippen molar-refractivity contribution in [1.29, 1.82) is 0 Å². The molecule has 2 aromatic carbocycles. The fourth-order valence-electron chi connectivity index (χ4n) is 3.94. The summed E-state index contributed by atoms with van der Waals surface area (Å²) < 4.78 is 5.22. The second kappa shape index (κ2) is 8.97. The number of anilines is 1. The van der Waals surface area contributed by atoms with Crippen molar-refractivity contribution >= 4 is 27.4 Å². The first-order valence-corrected chi connectivity index (χ1v) is 11.7. The van der Waals surface area contributed by atoms with Crippen LogP contribution in [0.3, 0.4) is 0 Å². The average molecular weight is 440 g/mol. The molecule has 0 atom stereocenters. The lowest BCUT2D eigenvalue weighted by Gasteiger charge is -2.09. The van der Waals surface area contributed by atoms with Gasteiger partial charge in [0.1, 0.15) is 16.9 Å². The second-order valence-corrected chi connectivity index (χ2v) is 9.26. The minimum absolute atomic E-state index is 0.697. The lowest BCUT2D eigenvalue weighted by Crippen LogP contribution is -2.06. The van der Waals surface area contributed by atoms with Crippen molar-refractivity contribution in [2.75, 3.05) is 11.9 Å². The quantitative estimate of drug-likeness (QED) is 0.271. The van der Waals surface area contributed by atoms with E-state index in [2.05, 4.69) is 73.8 Å². The van der Waals surface area contributed by atoms with E-state index in [0.717, 1.165) is 41.0 Å². The molecule has 0 aliphatic rings. The third-order valence-electron chi connectivity index (χ3n) is 5.64. The first-order valence-electron chi connectivity index (χ1n) is 10.9. The van der Waals surface area contributed by atoms with Crippen molar-refractivity contribution in [1.82, 2.24) is 9.97 Å². The zero-order valence-electron chi connectivity index (χ0n) is 18.3. The maximum Gasteiger partial charge on any atom is 0.166 e. The summed E-state index contributed by atoms with van der Waals surface area (Å²) in [5.74, 6) is 1.59. The summed E-state index contributed by atoms with van der Waals surface area (Å²) in [5.41, 5.74) is 6.12. The van der Waals surface area contributed by atoms with Crippen LogP contribution >= 0.6 is 11.3 Å². The molecule has 0 saturated heterocycles. The van der Waals surface area contributed by atoms with E-state index in [1.54, 1.807) is 23.9 Å². The number of hydrogen-bond acceptors (Lipinski definition) is 5. The van der Waals surface area contributed by atoms with Gasteiger partial charge in [-0.15, -0.1) is 11.3 Å². The van der Waals surface area contributed by atoms with Crippen molar-refractivity contribution in [3.8, 4) is 22.5 Å². The van der Waals surface area contributed by atoms with Crippen LogP contribution in [0.25, 0.3) is 32.7 Å². The van der Waals surface area contributed by atoms with Gasteiger partial charge in [-0.3, -0.25) is 0 Å². The summed E-state index contributed by atoms with van der Waals surface area (Å²) in [7, 11) is 0. The van der Waals surface area contributed by atoms with Gasteiger partial charge in [0.25, 0.3) is 0 Å². The van der Waals surface area contributed by atoms with Gasteiger partial charge in [-0.25, -0.2) is 9.97 Å². The highest BCUT2D eigenvalue weighted by atomic mass is 32.1. The van der Waals surface area contributed by atoms with E-state index in [0.29, 0.717) is 5.82 Å². The van der Waals surface area contributed by atoms with E-state index in [9.17, 15) is 0 Å². The van der Waals surface area contributed by atoms with Crippen molar-refractivity contribution in [2.24, 2.45) is 0 Å². The predicted octanol–water partition coefficient (Wildman–Crippen LogP) is 7.28. The highest BCUT2D eigenvalue weighted by Crippen LogP contribution is 2.31. The van der Waals surface area contributed by atoms with Gasteiger partial charge in [-0.2, -0.15) is 0 Å². The number of aromatic nitrogens is 2. The van der Waals surface area contributed by atoms with Crippen molar-refractivity contribution < 1.29 is 4.42 Å². The highest BCUT2D eigenvalue weighted by molar-refractivity contribution is 7.18. The first kappa shape index (κ1) is 20.5. The van der Waals surface area contributed by atoms with Crippen molar-refractivity contribution in [3.05, 3.63) is 89.2 Å². The summed E-state index contributed by atoms with van der Waals surface area (Å²) in [4.78, 5) is 11.7. The van der Waals surface area contributed by atoms with Crippen LogP contribution in [0.1, 0.15) is 22.4 Å². The van der Waals surface area contributed by atoms with E-state index in [1.807, 2.05) is 6.07 Å². The molecular weight excluding hydrogens is 414 g/mol. The Hall–Kier alpha value is -3.44. The molecule has 0 fully saturated rings. The van der Waals surface area contributed by atoms with E-state index in [1.165, 1.54) is 27.1 Å². The monoisotopic (exact) mass is 439 g/mol. The maximum absolute atomic E-state index is 5.22. The zero-order valence-corrected chi connectivity index (χ0v) is 19.1. The molecule has 32 heavy (non-hydrogen) atoms. The number of rotatable bonds is 7. The molecule has 0 aliphatic carbocycles. The van der Waals surface area contributed by atoms with Crippen LogP contribution in [-0.4, -0.2) is 16.5 Å². The molecule has 0 unspecified atom stereocenters. The number of nitrogens with one attached hydrogen (secondary N) is 1. The second-order valence-electron chi connectivity index (χ2n) is 8.03. The van der Waals surface area contributed by atoms with E-state index in [-0.39, 0.29) is 0 Å². The zero-order chi connectivity index (χ0) is 21.9. The molecular formula is C27H25N3OS. The number of fused-ring (bicyclic) bond motifs is 1. The van der Waals surface area contributed by atoms with Gasteiger partial charge in [0, 0.05) is 11.4 Å². The highest BCUT2D eigenvalue weighted by Gasteiger charge is 2.12. The van der Waals surface area contributed by atoms with Crippen LogP contribution in [0.2, 0.25) is 0 Å². The Labute approximate surface area is 192 Å². The minimum Gasteiger partial charge on any atom is -0.472 e. The number of nitrogens with zero attached hydrogens (tertiary/aromatic N) is 2. The molecule has 3 aromatic heterocycles. The molecule has 4 nitrogen and oxygen atoms in total. The molecule has 3 heterocycles. The fraction of sp³-hybridized carbons (Fsp3) is 0.185. The van der Waals surface area contributed by atoms with Gasteiger partial charge < -0.3 is 9.73 Å². The van der Waals surface area contributed by atoms with Gasteiger partial charge in [-0.1, -0.05) is 48.5 Å². The molecule has 5 rings (SSSR count). The lowest BCUT2D eigenvalue weighted by molar-refractivity contribution is 0.568. The lowest BCUT2D eigenvalue weighted by atomic mass is 9.99. The van der Waals surface area contributed by atoms with Gasteiger partial charge in [0.2, 0.25) is 0 Å². The molecule has 1 N–H and O–H groups in total. The Balaban J connectivity index is 1.25. The number of furan rings is 1. The Morgan fingerprint density at radius 1 is 0.938 bits per heavy atom. The Morgan fingerprint density at radius 3 is 2.56 bits per heavy atom. The minimum atomic E-state index is 0.697. The molecule has 0 bridgehead atoms. The summed E-state index contributed by atoms with van der Waals surface area (Å²) in [6.45, 7) is 5.12. The number of hydrogen-bond donors (Lipinski definition) is 1. The molecule has 0 radical (unpaired) electrons. The third-order valence-corrected chi connectivity index (χ3v) is 6.58. The van der Waals surface area contributed by atoms with Crippen LogP contribution < -0.4 is 5.32 Å². The van der Waals surface area contributed by atoms with E-state index < -0.39 is 0 Å². The maximum atomic E-state index is 5.22. The van der Waals surface area contributed by atoms with E-state index in [4.69, 9.17) is 14.4 Å². The molecule has 0 amide bonds. The van der Waals surface area contributed by atoms with Crippen LogP contribution in [-0.2, 0) is 6.42 Å². The molecule has 0 saturated carbocycles. The number of aryl methyl sites for hydroxylation is 3. The van der Waals surface area contributed by atoms with Crippen molar-refractivity contribution in [3.63, 3.8) is 0 Å². The molecule has 160 valence electrons. The van der Waals surface area contributed by atoms with Crippen LogP contribution in [0.5, 0.6) is 0 Å². The topological polar surface area (TPSA) is 51.0 Å². The number of thiophene rings is 1. The molecule has 5 heteroatoms. The van der Waals surface area contributed by atoms with Crippen LogP contribution in [0.15, 0.2) is 77.6 Å². The van der Waals surface area contributed by atoms with E-state index >= 15 is 0 Å². The molecule has 0 spiro atoms. The summed E-state index contributed by atoms with van der Waals surface area (Å²) in [5, 5.41) is 4.63. The standard InChI is InChI=1S/C27H25N3OS/c1-18-6-3-4-8-23(18)21-11-9-20(10-12-21)7-5-14-28-26-24-16-19(2)32-27(24)30-25(29-26)22-13-15-31-17-22/h3-4,6,8-13,15-17H,5,7,14H2,1-2H3,(H,28,29,30). The normalized spacial score (nSPS) is 11.2. The first-order chi connectivity index (χ1) is 15.7. The summed E-state index contributed by atoms with van der Waals surface area (Å²) >= 11 is 1.69. The van der Waals surface area contributed by atoms with Gasteiger partial charge in [0.05, 0.1) is 17.2 Å².